The summed E-state index contributed by atoms with van der Waals surface area (Å²) in [6, 6.07) is 14.2. The molecule has 2 N–H and O–H groups in total. The third kappa shape index (κ3) is 4.51. The number of hydrogen-bond donors (Lipinski definition) is 2. The zero-order valence-electron chi connectivity index (χ0n) is 12.9. The molecule has 0 aromatic heterocycles. The Bertz CT molecular complexity index is 828. The number of anilines is 1. The predicted octanol–water partition coefficient (Wildman–Crippen LogP) is 2.56. The Labute approximate surface area is 136 Å². The maximum absolute atomic E-state index is 11.9. The molecule has 0 fully saturated rings. The average Bonchev–Trinajstić information content (AvgIpc) is 2.55. The lowest BCUT2D eigenvalue weighted by molar-refractivity contribution is -0.111. The predicted molar refractivity (Wildman–Crippen MR) is 91.5 cm³/mol. The fraction of sp³-hybridized carbons (Fsp3) is 0.118. The number of rotatable bonds is 5. The van der Waals surface area contributed by atoms with Gasteiger partial charge in [0.15, 0.2) is 0 Å². The van der Waals surface area contributed by atoms with Crippen molar-refractivity contribution >= 4 is 27.7 Å². The van der Waals surface area contributed by atoms with Crippen molar-refractivity contribution in [1.29, 1.82) is 0 Å². The van der Waals surface area contributed by atoms with Gasteiger partial charge in [0, 0.05) is 11.8 Å². The number of hydrogen-bond acceptors (Lipinski definition) is 3. The standard InChI is InChI=1S/C17H18N2O3S/c1-13-8-10-15(12-16(13)23(21,22)18-2)19-17(20)11-9-14-6-4-3-5-7-14/h3-12,18H,1-2H3,(H,19,20)/b11-9+. The average molecular weight is 330 g/mol. The summed E-state index contributed by atoms with van der Waals surface area (Å²) in [5, 5.41) is 2.66. The van der Waals surface area contributed by atoms with Crippen LogP contribution in [0, 0.1) is 6.92 Å². The highest BCUT2D eigenvalue weighted by Gasteiger charge is 2.15. The highest BCUT2D eigenvalue weighted by atomic mass is 32.2. The van der Waals surface area contributed by atoms with Gasteiger partial charge in [0.05, 0.1) is 4.90 Å². The van der Waals surface area contributed by atoms with Gasteiger partial charge in [0.25, 0.3) is 0 Å². The third-order valence-electron chi connectivity index (χ3n) is 3.24. The quantitative estimate of drug-likeness (QED) is 0.827. The van der Waals surface area contributed by atoms with Crippen LogP contribution in [0.1, 0.15) is 11.1 Å². The molecular weight excluding hydrogens is 312 g/mol. The molecule has 0 bridgehead atoms. The normalized spacial score (nSPS) is 11.6. The zero-order valence-corrected chi connectivity index (χ0v) is 13.7. The topological polar surface area (TPSA) is 75.3 Å². The first-order valence-electron chi connectivity index (χ1n) is 7.01. The molecule has 0 radical (unpaired) electrons. The van der Waals surface area contributed by atoms with Crippen LogP contribution in [0.5, 0.6) is 0 Å². The van der Waals surface area contributed by atoms with Crippen molar-refractivity contribution in [1.82, 2.24) is 4.72 Å². The van der Waals surface area contributed by atoms with Gasteiger partial charge in [-0.3, -0.25) is 4.79 Å². The second kappa shape index (κ2) is 7.21. The minimum Gasteiger partial charge on any atom is -0.322 e. The van der Waals surface area contributed by atoms with E-state index in [0.29, 0.717) is 11.3 Å². The van der Waals surface area contributed by atoms with Crippen LogP contribution in [0.3, 0.4) is 0 Å². The molecule has 0 heterocycles. The first-order valence-corrected chi connectivity index (χ1v) is 8.49. The van der Waals surface area contributed by atoms with E-state index in [1.165, 1.54) is 19.2 Å². The van der Waals surface area contributed by atoms with Crippen LogP contribution < -0.4 is 10.0 Å². The van der Waals surface area contributed by atoms with Crippen molar-refractivity contribution in [3.05, 3.63) is 65.7 Å². The first-order chi connectivity index (χ1) is 10.9. The molecule has 2 aromatic carbocycles. The highest BCUT2D eigenvalue weighted by Crippen LogP contribution is 2.20. The van der Waals surface area contributed by atoms with Crippen molar-refractivity contribution in [2.45, 2.75) is 11.8 Å². The minimum absolute atomic E-state index is 0.143. The molecule has 5 nitrogen and oxygen atoms in total. The van der Waals surface area contributed by atoms with Crippen LogP contribution in [-0.4, -0.2) is 21.4 Å². The van der Waals surface area contributed by atoms with E-state index in [1.54, 1.807) is 25.1 Å². The summed E-state index contributed by atoms with van der Waals surface area (Å²) in [6.45, 7) is 1.70. The minimum atomic E-state index is -3.56. The van der Waals surface area contributed by atoms with Crippen molar-refractivity contribution < 1.29 is 13.2 Å². The molecule has 2 rings (SSSR count). The molecule has 0 unspecified atom stereocenters. The van der Waals surface area contributed by atoms with Crippen molar-refractivity contribution in [3.8, 4) is 0 Å². The lowest BCUT2D eigenvalue weighted by Crippen LogP contribution is -2.20. The van der Waals surface area contributed by atoms with Crippen molar-refractivity contribution in [2.75, 3.05) is 12.4 Å². The van der Waals surface area contributed by atoms with E-state index in [4.69, 9.17) is 0 Å². The summed E-state index contributed by atoms with van der Waals surface area (Å²) >= 11 is 0. The zero-order chi connectivity index (χ0) is 16.9. The Morgan fingerprint density at radius 2 is 1.78 bits per heavy atom. The molecule has 23 heavy (non-hydrogen) atoms. The maximum Gasteiger partial charge on any atom is 0.248 e. The van der Waals surface area contributed by atoms with Crippen LogP contribution in [0.25, 0.3) is 6.08 Å². The van der Waals surface area contributed by atoms with Gasteiger partial charge in [-0.15, -0.1) is 0 Å². The number of sulfonamides is 1. The van der Waals surface area contributed by atoms with Crippen LogP contribution in [0.4, 0.5) is 5.69 Å². The van der Waals surface area contributed by atoms with Crippen molar-refractivity contribution in [3.63, 3.8) is 0 Å². The van der Waals surface area contributed by atoms with Gasteiger partial charge in [0.1, 0.15) is 0 Å². The summed E-state index contributed by atoms with van der Waals surface area (Å²) in [6.07, 6.45) is 3.09. The van der Waals surface area contributed by atoms with Gasteiger partial charge in [-0.1, -0.05) is 36.4 Å². The first kappa shape index (κ1) is 16.9. The smallest absolute Gasteiger partial charge is 0.248 e. The molecule has 0 spiro atoms. The van der Waals surface area contributed by atoms with E-state index in [1.807, 2.05) is 30.3 Å². The van der Waals surface area contributed by atoms with E-state index in [9.17, 15) is 13.2 Å². The van der Waals surface area contributed by atoms with Gasteiger partial charge in [-0.2, -0.15) is 0 Å². The molecule has 0 aliphatic heterocycles. The monoisotopic (exact) mass is 330 g/mol. The van der Waals surface area contributed by atoms with Gasteiger partial charge < -0.3 is 5.32 Å². The Morgan fingerprint density at radius 3 is 2.43 bits per heavy atom. The largest absolute Gasteiger partial charge is 0.322 e. The van der Waals surface area contributed by atoms with Crippen LogP contribution in [0.15, 0.2) is 59.5 Å². The number of aryl methyl sites for hydroxylation is 1. The number of carbonyl (C=O) groups excluding carboxylic acids is 1. The molecule has 0 atom stereocenters. The van der Waals surface area contributed by atoms with Crippen LogP contribution in [-0.2, 0) is 14.8 Å². The second-order valence-electron chi connectivity index (χ2n) is 4.92. The summed E-state index contributed by atoms with van der Waals surface area (Å²) in [5.41, 5.74) is 1.94. The SMILES string of the molecule is CNS(=O)(=O)c1cc(NC(=O)/C=C/c2ccccc2)ccc1C. The summed E-state index contributed by atoms with van der Waals surface area (Å²) < 4.78 is 26.1. The molecular formula is C17H18N2O3S. The fourth-order valence-electron chi connectivity index (χ4n) is 2.00. The van der Waals surface area contributed by atoms with E-state index < -0.39 is 10.0 Å². The van der Waals surface area contributed by atoms with Crippen molar-refractivity contribution in [2.24, 2.45) is 0 Å². The van der Waals surface area contributed by atoms with Gasteiger partial charge in [-0.25, -0.2) is 13.1 Å². The number of carbonyl (C=O) groups is 1. The lowest BCUT2D eigenvalue weighted by Gasteiger charge is -2.09. The van der Waals surface area contributed by atoms with E-state index >= 15 is 0 Å². The molecule has 120 valence electrons. The molecule has 6 heteroatoms. The van der Waals surface area contributed by atoms with Crippen LogP contribution >= 0.6 is 0 Å². The summed E-state index contributed by atoms with van der Waals surface area (Å²) in [7, 11) is -2.21. The Balaban J connectivity index is 2.16. The molecule has 2 aromatic rings. The van der Waals surface area contributed by atoms with E-state index in [-0.39, 0.29) is 10.8 Å². The maximum atomic E-state index is 11.9. The molecule has 0 aliphatic carbocycles. The summed E-state index contributed by atoms with van der Waals surface area (Å²) in [5.74, 6) is -0.328. The number of benzene rings is 2. The molecule has 0 aliphatic rings. The molecule has 1 amide bonds. The number of nitrogens with one attached hydrogen (secondary N) is 2. The Kier molecular flexibility index (Phi) is 5.31. The van der Waals surface area contributed by atoms with Gasteiger partial charge in [0.2, 0.25) is 15.9 Å². The van der Waals surface area contributed by atoms with Crippen LogP contribution in [0.2, 0.25) is 0 Å². The lowest BCUT2D eigenvalue weighted by atomic mass is 10.2. The molecule has 0 saturated heterocycles. The molecule has 0 saturated carbocycles. The number of amides is 1. The Hall–Kier alpha value is -2.44. The second-order valence-corrected chi connectivity index (χ2v) is 6.78. The summed E-state index contributed by atoms with van der Waals surface area (Å²) in [4.78, 5) is 12.1. The van der Waals surface area contributed by atoms with Gasteiger partial charge in [-0.05, 0) is 43.3 Å². The van der Waals surface area contributed by atoms with E-state index in [2.05, 4.69) is 10.0 Å². The fourth-order valence-corrected chi connectivity index (χ4v) is 2.99. The highest BCUT2D eigenvalue weighted by molar-refractivity contribution is 7.89. The Morgan fingerprint density at radius 1 is 1.09 bits per heavy atom. The third-order valence-corrected chi connectivity index (χ3v) is 4.80. The van der Waals surface area contributed by atoms with E-state index in [0.717, 1.165) is 5.56 Å². The van der Waals surface area contributed by atoms with Gasteiger partial charge >= 0.3 is 0 Å².